The molecule has 1 saturated heterocycles. The minimum absolute atomic E-state index is 0.131. The fourth-order valence-corrected chi connectivity index (χ4v) is 4.13. The lowest BCUT2D eigenvalue weighted by Gasteiger charge is -2.49. The number of carbonyl (C=O) groups is 1. The fourth-order valence-electron chi connectivity index (χ4n) is 4.13. The number of hydrogen-bond donors (Lipinski definition) is 1. The summed E-state index contributed by atoms with van der Waals surface area (Å²) in [5, 5.41) is 1.30. The van der Waals surface area contributed by atoms with Gasteiger partial charge in [0.05, 0.1) is 6.61 Å². The number of ether oxygens (including phenoxy) is 1. The van der Waals surface area contributed by atoms with Crippen LogP contribution in [0.2, 0.25) is 0 Å². The summed E-state index contributed by atoms with van der Waals surface area (Å²) in [7, 11) is 0. The molecule has 2 aliphatic rings. The summed E-state index contributed by atoms with van der Waals surface area (Å²) in [5.41, 5.74) is 3.46. The van der Waals surface area contributed by atoms with Gasteiger partial charge in [0.1, 0.15) is 12.1 Å². The molecule has 1 unspecified atom stereocenters. The Morgan fingerprint density at radius 1 is 1.36 bits per heavy atom. The third kappa shape index (κ3) is 1.83. The Morgan fingerprint density at radius 3 is 3.09 bits per heavy atom. The zero-order valence-corrected chi connectivity index (χ0v) is 13.0. The molecule has 1 aromatic carbocycles. The van der Waals surface area contributed by atoms with E-state index in [1.807, 2.05) is 0 Å². The van der Waals surface area contributed by atoms with Crippen molar-refractivity contribution in [2.24, 2.45) is 0 Å². The summed E-state index contributed by atoms with van der Waals surface area (Å²) >= 11 is 0. The molecule has 0 aliphatic carbocycles. The molecule has 1 fully saturated rings. The Kier molecular flexibility index (Phi) is 3.22. The standard InChI is InChI=1S/C18H22N2O2/c1-2-3-9-18-12-22-11-16(21)20(18)10-8-14-13-6-4-5-7-15(13)19-17(14)18/h4-7,19H,2-3,8-12H2,1H3. The summed E-state index contributed by atoms with van der Waals surface area (Å²) in [4.78, 5) is 18.1. The van der Waals surface area contributed by atoms with Crippen molar-refractivity contribution in [2.75, 3.05) is 19.8 Å². The minimum atomic E-state index is -0.294. The molecule has 0 bridgehead atoms. The van der Waals surface area contributed by atoms with E-state index in [9.17, 15) is 4.79 Å². The Hall–Kier alpha value is -1.81. The van der Waals surface area contributed by atoms with Gasteiger partial charge in [-0.2, -0.15) is 0 Å². The number of aromatic nitrogens is 1. The van der Waals surface area contributed by atoms with Crippen molar-refractivity contribution in [3.63, 3.8) is 0 Å². The van der Waals surface area contributed by atoms with Crippen LogP contribution < -0.4 is 0 Å². The number of nitrogens with zero attached hydrogens (tertiary/aromatic N) is 1. The van der Waals surface area contributed by atoms with Crippen molar-refractivity contribution in [2.45, 2.75) is 38.1 Å². The van der Waals surface area contributed by atoms with E-state index >= 15 is 0 Å². The van der Waals surface area contributed by atoms with Crippen LogP contribution in [-0.2, 0) is 21.5 Å². The number of hydrogen-bond acceptors (Lipinski definition) is 2. The minimum Gasteiger partial charge on any atom is -0.369 e. The zero-order chi connectivity index (χ0) is 15.2. The molecule has 116 valence electrons. The van der Waals surface area contributed by atoms with Crippen molar-refractivity contribution in [1.82, 2.24) is 9.88 Å². The van der Waals surface area contributed by atoms with Gasteiger partial charge in [0.15, 0.2) is 0 Å². The summed E-state index contributed by atoms with van der Waals surface area (Å²) < 4.78 is 5.69. The van der Waals surface area contributed by atoms with E-state index in [-0.39, 0.29) is 18.1 Å². The van der Waals surface area contributed by atoms with Crippen molar-refractivity contribution >= 4 is 16.8 Å². The Labute approximate surface area is 130 Å². The quantitative estimate of drug-likeness (QED) is 0.947. The van der Waals surface area contributed by atoms with Crippen LogP contribution in [-0.4, -0.2) is 35.5 Å². The van der Waals surface area contributed by atoms with Gasteiger partial charge in [0.25, 0.3) is 0 Å². The molecule has 4 heteroatoms. The number of aromatic amines is 1. The fraction of sp³-hybridized carbons (Fsp3) is 0.500. The van der Waals surface area contributed by atoms with Gasteiger partial charge in [-0.05, 0) is 24.5 Å². The van der Waals surface area contributed by atoms with Gasteiger partial charge in [-0.1, -0.05) is 38.0 Å². The topological polar surface area (TPSA) is 45.3 Å². The van der Waals surface area contributed by atoms with E-state index in [0.29, 0.717) is 6.61 Å². The number of benzene rings is 1. The highest BCUT2D eigenvalue weighted by Gasteiger charge is 2.48. The number of para-hydroxylation sites is 1. The number of fused-ring (bicyclic) bond motifs is 5. The van der Waals surface area contributed by atoms with Gasteiger partial charge < -0.3 is 14.6 Å². The lowest BCUT2D eigenvalue weighted by atomic mass is 9.80. The monoisotopic (exact) mass is 298 g/mol. The van der Waals surface area contributed by atoms with Crippen LogP contribution in [0.5, 0.6) is 0 Å². The average molecular weight is 298 g/mol. The Balaban J connectivity index is 1.90. The first-order valence-electron chi connectivity index (χ1n) is 8.24. The molecule has 0 radical (unpaired) electrons. The van der Waals surface area contributed by atoms with Crippen molar-refractivity contribution in [1.29, 1.82) is 0 Å². The predicted molar refractivity (Wildman–Crippen MR) is 85.7 cm³/mol. The van der Waals surface area contributed by atoms with E-state index in [4.69, 9.17) is 4.74 Å². The van der Waals surface area contributed by atoms with Gasteiger partial charge in [0.2, 0.25) is 5.91 Å². The predicted octanol–water partition coefficient (Wildman–Crippen LogP) is 2.97. The molecule has 2 aliphatic heterocycles. The van der Waals surface area contributed by atoms with Crippen LogP contribution in [0.1, 0.15) is 37.4 Å². The van der Waals surface area contributed by atoms with Gasteiger partial charge in [-0.3, -0.25) is 4.79 Å². The second-order valence-electron chi connectivity index (χ2n) is 6.45. The third-order valence-electron chi connectivity index (χ3n) is 5.19. The van der Waals surface area contributed by atoms with Crippen molar-refractivity contribution < 1.29 is 9.53 Å². The molecular formula is C18H22N2O2. The number of nitrogens with one attached hydrogen (secondary N) is 1. The number of rotatable bonds is 3. The molecule has 2 aromatic rings. The first-order chi connectivity index (χ1) is 10.8. The SMILES string of the molecule is CCCCC12COCC(=O)N1CCc1c2[nH]c2ccccc12. The molecule has 22 heavy (non-hydrogen) atoms. The largest absolute Gasteiger partial charge is 0.369 e. The first-order valence-corrected chi connectivity index (χ1v) is 8.24. The van der Waals surface area contributed by atoms with E-state index < -0.39 is 0 Å². The summed E-state index contributed by atoms with van der Waals surface area (Å²) in [6.45, 7) is 3.84. The van der Waals surface area contributed by atoms with Crippen LogP contribution in [0, 0.1) is 0 Å². The van der Waals surface area contributed by atoms with Gasteiger partial charge >= 0.3 is 0 Å². The van der Waals surface area contributed by atoms with Crippen molar-refractivity contribution in [3.05, 3.63) is 35.5 Å². The highest BCUT2D eigenvalue weighted by Crippen LogP contribution is 2.43. The zero-order valence-electron chi connectivity index (χ0n) is 13.0. The summed E-state index contributed by atoms with van der Waals surface area (Å²) in [6.07, 6.45) is 4.12. The molecule has 4 rings (SSSR count). The van der Waals surface area contributed by atoms with E-state index in [1.54, 1.807) is 0 Å². The summed E-state index contributed by atoms with van der Waals surface area (Å²) in [6, 6.07) is 8.45. The molecule has 1 atom stereocenters. The number of H-pyrrole nitrogens is 1. The Bertz CT molecular complexity index is 721. The van der Waals surface area contributed by atoms with Gasteiger partial charge in [-0.15, -0.1) is 0 Å². The maximum atomic E-state index is 12.4. The molecular weight excluding hydrogens is 276 g/mol. The summed E-state index contributed by atoms with van der Waals surface area (Å²) in [5.74, 6) is 0.131. The second-order valence-corrected chi connectivity index (χ2v) is 6.45. The number of unbranched alkanes of at least 4 members (excludes halogenated alkanes) is 1. The normalized spacial score (nSPS) is 24.4. The van der Waals surface area contributed by atoms with Crippen molar-refractivity contribution in [3.8, 4) is 0 Å². The van der Waals surface area contributed by atoms with Gasteiger partial charge in [-0.25, -0.2) is 0 Å². The smallest absolute Gasteiger partial charge is 0.249 e. The molecule has 1 aromatic heterocycles. The molecule has 0 saturated carbocycles. The molecule has 3 heterocycles. The van der Waals surface area contributed by atoms with E-state index in [1.165, 1.54) is 22.2 Å². The number of carbonyl (C=O) groups excluding carboxylic acids is 1. The van der Waals surface area contributed by atoms with E-state index in [0.717, 1.165) is 32.2 Å². The molecule has 4 nitrogen and oxygen atoms in total. The third-order valence-corrected chi connectivity index (χ3v) is 5.19. The van der Waals surface area contributed by atoms with Gasteiger partial charge in [0, 0.05) is 23.1 Å². The number of morpholine rings is 1. The lowest BCUT2D eigenvalue weighted by Crippen LogP contribution is -2.60. The Morgan fingerprint density at radius 2 is 2.23 bits per heavy atom. The average Bonchev–Trinajstić information content (AvgIpc) is 2.93. The van der Waals surface area contributed by atoms with Crippen LogP contribution in [0.4, 0.5) is 0 Å². The van der Waals surface area contributed by atoms with E-state index in [2.05, 4.69) is 41.1 Å². The molecule has 0 spiro atoms. The highest BCUT2D eigenvalue weighted by molar-refractivity contribution is 5.87. The first kappa shape index (κ1) is 13.8. The highest BCUT2D eigenvalue weighted by atomic mass is 16.5. The molecule has 1 amide bonds. The van der Waals surface area contributed by atoms with Crippen LogP contribution in [0.25, 0.3) is 10.9 Å². The van der Waals surface area contributed by atoms with Crippen LogP contribution >= 0.6 is 0 Å². The number of amides is 1. The van der Waals surface area contributed by atoms with Crippen LogP contribution in [0.15, 0.2) is 24.3 Å². The lowest BCUT2D eigenvalue weighted by molar-refractivity contribution is -0.162. The van der Waals surface area contributed by atoms with Crippen LogP contribution in [0.3, 0.4) is 0 Å². The second kappa shape index (κ2) is 5.13. The maximum absolute atomic E-state index is 12.4. The molecule has 1 N–H and O–H groups in total. The maximum Gasteiger partial charge on any atom is 0.249 e.